The number of rotatable bonds is 11. The van der Waals surface area contributed by atoms with Crippen LogP contribution in [0.4, 0.5) is 14.5 Å². The molecule has 0 atom stereocenters. The van der Waals surface area contributed by atoms with Crippen molar-refractivity contribution in [2.45, 2.75) is 52.6 Å². The van der Waals surface area contributed by atoms with Crippen LogP contribution in [0, 0.1) is 22.5 Å². The fraction of sp³-hybridized carbons (Fsp3) is 0.357. The number of ether oxygens (including phenoxy) is 1. The molecule has 1 aliphatic carbocycles. The molecule has 2 heterocycles. The molecular weight excluding hydrogens is 664 g/mol. The number of aromatic nitrogens is 2. The van der Waals surface area contributed by atoms with E-state index < -0.39 is 0 Å². The fourth-order valence-corrected chi connectivity index (χ4v) is 7.76. The zero-order valence-electron chi connectivity index (χ0n) is 29.5. The third-order valence-electron chi connectivity index (χ3n) is 10.4. The predicted molar refractivity (Wildman–Crippen MR) is 202 cm³/mol. The standard InChI is InChI=1S/C42H46ClF2N5O/c1-42(2)19-18-38(31-6-8-33(43)9-7-31)32(27-42)29-47-21-23-48(24-22-47)36-13-4-30(5-14-36)28-50-40-26-35(45)12-17-39(40)49(41(50)46)20-3-25-51-37-15-10-34(44)11-16-37/h4-17,26,46H,3,18-25,27-29H2,1-2H3. The molecule has 0 amide bonds. The van der Waals surface area contributed by atoms with Gasteiger partial charge in [0.1, 0.15) is 17.4 Å². The highest BCUT2D eigenvalue weighted by Crippen LogP contribution is 2.43. The van der Waals surface area contributed by atoms with Gasteiger partial charge in [-0.1, -0.05) is 55.3 Å². The van der Waals surface area contributed by atoms with E-state index in [9.17, 15) is 8.78 Å². The zero-order chi connectivity index (χ0) is 35.5. The van der Waals surface area contributed by atoms with Gasteiger partial charge in [0.25, 0.3) is 0 Å². The maximum Gasteiger partial charge on any atom is 0.203 e. The molecule has 0 spiro atoms. The van der Waals surface area contributed by atoms with Gasteiger partial charge in [0, 0.05) is 50.0 Å². The summed E-state index contributed by atoms with van der Waals surface area (Å²) in [5, 5.41) is 9.80. The van der Waals surface area contributed by atoms with Gasteiger partial charge < -0.3 is 18.8 Å². The van der Waals surface area contributed by atoms with Crippen molar-refractivity contribution in [2.24, 2.45) is 5.41 Å². The molecule has 0 radical (unpaired) electrons. The van der Waals surface area contributed by atoms with Crippen LogP contribution in [0.2, 0.25) is 5.02 Å². The topological polar surface area (TPSA) is 49.4 Å². The van der Waals surface area contributed by atoms with Crippen LogP contribution >= 0.6 is 11.6 Å². The normalized spacial score (nSPS) is 16.6. The number of nitrogens with zero attached hydrogens (tertiary/aromatic N) is 4. The molecule has 4 aromatic carbocycles. The fourth-order valence-electron chi connectivity index (χ4n) is 7.64. The van der Waals surface area contributed by atoms with E-state index in [0.717, 1.165) is 61.7 Å². The maximum absolute atomic E-state index is 14.4. The summed E-state index contributed by atoms with van der Waals surface area (Å²) in [4.78, 5) is 5.06. The molecule has 266 valence electrons. The van der Waals surface area contributed by atoms with E-state index in [1.54, 1.807) is 23.8 Å². The molecule has 9 heteroatoms. The first kappa shape index (κ1) is 35.0. The minimum Gasteiger partial charge on any atom is -0.494 e. The van der Waals surface area contributed by atoms with Crippen molar-refractivity contribution >= 4 is 33.9 Å². The highest BCUT2D eigenvalue weighted by atomic mass is 35.5. The number of halogens is 3. The molecule has 0 bridgehead atoms. The van der Waals surface area contributed by atoms with Gasteiger partial charge in [-0.25, -0.2) is 8.78 Å². The van der Waals surface area contributed by atoms with Crippen molar-refractivity contribution in [1.82, 2.24) is 14.0 Å². The number of allylic oxidation sites excluding steroid dienone is 1. The first-order chi connectivity index (χ1) is 24.6. The molecule has 1 fully saturated rings. The molecule has 5 aromatic rings. The average Bonchev–Trinajstić information content (AvgIpc) is 3.37. The van der Waals surface area contributed by atoms with Gasteiger partial charge in [-0.15, -0.1) is 0 Å². The van der Waals surface area contributed by atoms with Crippen LogP contribution in [-0.2, 0) is 13.1 Å². The second-order valence-electron chi connectivity index (χ2n) is 14.7. The maximum atomic E-state index is 14.4. The van der Waals surface area contributed by atoms with E-state index in [4.69, 9.17) is 21.7 Å². The van der Waals surface area contributed by atoms with Crippen LogP contribution in [0.5, 0.6) is 5.75 Å². The minimum absolute atomic E-state index is 0.304. The third kappa shape index (κ3) is 8.23. The van der Waals surface area contributed by atoms with Gasteiger partial charge in [0.05, 0.1) is 24.2 Å². The summed E-state index contributed by atoms with van der Waals surface area (Å²) < 4.78 is 37.2. The van der Waals surface area contributed by atoms with Crippen molar-refractivity contribution in [3.05, 3.63) is 130 Å². The Morgan fingerprint density at radius 3 is 2.22 bits per heavy atom. The van der Waals surface area contributed by atoms with E-state index in [1.165, 1.54) is 47.5 Å². The van der Waals surface area contributed by atoms with Gasteiger partial charge in [0.2, 0.25) is 5.62 Å². The number of hydrogen-bond donors (Lipinski definition) is 1. The van der Waals surface area contributed by atoms with E-state index >= 15 is 0 Å². The molecule has 0 unspecified atom stereocenters. The monoisotopic (exact) mass is 709 g/mol. The Labute approximate surface area is 304 Å². The molecule has 6 nitrogen and oxygen atoms in total. The summed E-state index contributed by atoms with van der Waals surface area (Å²) in [6.07, 6.45) is 4.08. The highest BCUT2D eigenvalue weighted by molar-refractivity contribution is 6.30. The first-order valence-electron chi connectivity index (χ1n) is 18.0. The number of nitrogens with one attached hydrogen (secondary N) is 1. The summed E-state index contributed by atoms with van der Waals surface area (Å²) in [5.41, 5.74) is 8.76. The molecule has 0 saturated carbocycles. The van der Waals surface area contributed by atoms with Gasteiger partial charge in [0.15, 0.2) is 0 Å². The second-order valence-corrected chi connectivity index (χ2v) is 15.1. The van der Waals surface area contributed by atoms with Crippen molar-refractivity contribution in [2.75, 3.05) is 44.2 Å². The number of piperazine rings is 1. The number of hydrogen-bond acceptors (Lipinski definition) is 4. The summed E-state index contributed by atoms with van der Waals surface area (Å²) in [5.74, 6) is -0.0263. The quantitative estimate of drug-likeness (QED) is 0.139. The molecule has 1 aliphatic heterocycles. The van der Waals surface area contributed by atoms with E-state index in [0.29, 0.717) is 48.4 Å². The molecule has 7 rings (SSSR count). The Hall–Kier alpha value is -4.40. The van der Waals surface area contributed by atoms with Gasteiger partial charge >= 0.3 is 0 Å². The van der Waals surface area contributed by atoms with E-state index in [-0.39, 0.29) is 11.6 Å². The lowest BCUT2D eigenvalue weighted by molar-refractivity contribution is 0.256. The van der Waals surface area contributed by atoms with Crippen LogP contribution in [0.1, 0.15) is 50.7 Å². The second kappa shape index (κ2) is 15.1. The van der Waals surface area contributed by atoms with Crippen LogP contribution in [-0.4, -0.2) is 53.4 Å². The lowest BCUT2D eigenvalue weighted by Gasteiger charge is -2.39. The molecule has 1 saturated heterocycles. The van der Waals surface area contributed by atoms with Gasteiger partial charge in [-0.2, -0.15) is 0 Å². The van der Waals surface area contributed by atoms with E-state index in [2.05, 4.69) is 60.0 Å². The molecule has 2 aliphatic rings. The Bertz CT molecular complexity index is 2060. The lowest BCUT2D eigenvalue weighted by Crippen LogP contribution is -2.47. The van der Waals surface area contributed by atoms with Crippen molar-refractivity contribution in [3.63, 3.8) is 0 Å². The number of benzene rings is 4. The van der Waals surface area contributed by atoms with Crippen LogP contribution < -0.4 is 15.3 Å². The summed E-state index contributed by atoms with van der Waals surface area (Å²) in [6.45, 7) is 11.2. The minimum atomic E-state index is -0.327. The molecule has 51 heavy (non-hydrogen) atoms. The predicted octanol–water partition coefficient (Wildman–Crippen LogP) is 9.16. The number of anilines is 1. The van der Waals surface area contributed by atoms with Gasteiger partial charge in [-0.3, -0.25) is 10.3 Å². The van der Waals surface area contributed by atoms with Crippen LogP contribution in [0.25, 0.3) is 16.6 Å². The lowest BCUT2D eigenvalue weighted by atomic mass is 9.73. The average molecular weight is 710 g/mol. The van der Waals surface area contributed by atoms with Crippen molar-refractivity contribution in [3.8, 4) is 5.75 Å². The number of imidazole rings is 1. The van der Waals surface area contributed by atoms with Crippen molar-refractivity contribution < 1.29 is 13.5 Å². The first-order valence-corrected chi connectivity index (χ1v) is 18.3. The third-order valence-corrected chi connectivity index (χ3v) is 10.7. The van der Waals surface area contributed by atoms with Crippen molar-refractivity contribution in [1.29, 1.82) is 5.41 Å². The van der Waals surface area contributed by atoms with Crippen LogP contribution in [0.3, 0.4) is 0 Å². The summed E-state index contributed by atoms with van der Waals surface area (Å²) >= 11 is 6.21. The number of fused-ring (bicyclic) bond motifs is 1. The summed E-state index contributed by atoms with van der Waals surface area (Å²) in [6, 6.07) is 27.6. The smallest absolute Gasteiger partial charge is 0.203 e. The largest absolute Gasteiger partial charge is 0.494 e. The number of aryl methyl sites for hydroxylation is 1. The van der Waals surface area contributed by atoms with E-state index in [1.807, 2.05) is 21.3 Å². The Kier molecular flexibility index (Phi) is 10.3. The Morgan fingerprint density at radius 1 is 0.784 bits per heavy atom. The molecule has 1 aromatic heterocycles. The molecule has 1 N–H and O–H groups in total. The Balaban J connectivity index is 0.987. The Morgan fingerprint density at radius 2 is 1.49 bits per heavy atom. The highest BCUT2D eigenvalue weighted by Gasteiger charge is 2.29. The zero-order valence-corrected chi connectivity index (χ0v) is 30.2. The molecular formula is C42H46ClF2N5O. The van der Waals surface area contributed by atoms with Crippen LogP contribution in [0.15, 0.2) is 96.6 Å². The van der Waals surface area contributed by atoms with Gasteiger partial charge in [-0.05, 0) is 115 Å². The SMILES string of the molecule is CC1(C)CCC(c2ccc(Cl)cc2)=C(CN2CCN(c3ccc(Cn4c(=N)n(CCCOc5ccc(F)cc5)c5ccc(F)cc54)cc3)CC2)C1. The summed E-state index contributed by atoms with van der Waals surface area (Å²) in [7, 11) is 0.